The van der Waals surface area contributed by atoms with Crippen molar-refractivity contribution in [1.82, 2.24) is 20.4 Å². The number of nitrogens with zero attached hydrogens (tertiary/aromatic N) is 3. The van der Waals surface area contributed by atoms with Crippen LogP contribution in [0.3, 0.4) is 0 Å². The number of benzene rings is 1. The third-order valence-electron chi connectivity index (χ3n) is 5.32. The fraction of sp³-hybridized carbons (Fsp3) is 0.500. The van der Waals surface area contributed by atoms with Crippen molar-refractivity contribution in [3.63, 3.8) is 0 Å². The zero-order valence-corrected chi connectivity index (χ0v) is 18.2. The van der Waals surface area contributed by atoms with Gasteiger partial charge in [-0.3, -0.25) is 9.89 Å². The van der Waals surface area contributed by atoms with Crippen LogP contribution in [0.25, 0.3) is 0 Å². The molecule has 2 aromatic rings. The second-order valence-corrected chi connectivity index (χ2v) is 8.64. The Balaban J connectivity index is 1.52. The number of hydrogen-bond donors (Lipinski definition) is 2. The van der Waals surface area contributed by atoms with Gasteiger partial charge >= 0.3 is 0 Å². The van der Waals surface area contributed by atoms with Crippen LogP contribution in [0.15, 0.2) is 41.4 Å². The molecule has 2 N–H and O–H groups in total. The predicted molar refractivity (Wildman–Crippen MR) is 120 cm³/mol. The molecule has 2 heterocycles. The van der Waals surface area contributed by atoms with Gasteiger partial charge in [-0.05, 0) is 36.7 Å². The third-order valence-corrected chi connectivity index (χ3v) is 6.32. The summed E-state index contributed by atoms with van der Waals surface area (Å²) in [6.45, 7) is 12.8. The molecule has 5 nitrogen and oxygen atoms in total. The summed E-state index contributed by atoms with van der Waals surface area (Å²) in [6, 6.07) is 13.1. The van der Waals surface area contributed by atoms with E-state index >= 15 is 0 Å². The maximum absolute atomic E-state index is 4.37. The summed E-state index contributed by atoms with van der Waals surface area (Å²) in [4.78, 5) is 12.1. The van der Waals surface area contributed by atoms with Crippen LogP contribution in [0, 0.1) is 6.92 Å². The number of aryl methyl sites for hydroxylation is 1. The normalized spacial score (nSPS) is 16.3. The average molecular weight is 400 g/mol. The Hall–Kier alpha value is -1.89. The summed E-state index contributed by atoms with van der Waals surface area (Å²) < 4.78 is 0. The second-order valence-electron chi connectivity index (χ2n) is 7.27. The second kappa shape index (κ2) is 10.6. The van der Waals surface area contributed by atoms with Gasteiger partial charge in [0.2, 0.25) is 0 Å². The molecule has 0 bridgehead atoms. The SMILES string of the molecule is CCN1CCN(Cc2ccccc2CNC(=NC)NCc2ccc(C)s2)CC1. The van der Waals surface area contributed by atoms with Crippen molar-refractivity contribution in [1.29, 1.82) is 0 Å². The van der Waals surface area contributed by atoms with E-state index in [4.69, 9.17) is 0 Å². The van der Waals surface area contributed by atoms with Crippen LogP contribution in [-0.4, -0.2) is 55.5 Å². The predicted octanol–water partition coefficient (Wildman–Crippen LogP) is 3.06. The third kappa shape index (κ3) is 6.06. The van der Waals surface area contributed by atoms with Crippen LogP contribution in [0.2, 0.25) is 0 Å². The highest BCUT2D eigenvalue weighted by atomic mass is 32.1. The number of nitrogens with one attached hydrogen (secondary N) is 2. The molecule has 0 aliphatic carbocycles. The van der Waals surface area contributed by atoms with Crippen molar-refractivity contribution in [2.45, 2.75) is 33.5 Å². The topological polar surface area (TPSA) is 42.9 Å². The number of guanidine groups is 1. The Morgan fingerprint density at radius 3 is 2.29 bits per heavy atom. The molecule has 0 atom stereocenters. The lowest BCUT2D eigenvalue weighted by atomic mass is 10.1. The number of piperazine rings is 1. The standard InChI is InChI=1S/C22H33N5S/c1-4-26-11-13-27(14-12-26)17-20-8-6-5-7-19(20)15-24-22(23-3)25-16-21-10-9-18(2)28-21/h5-10H,4,11-17H2,1-3H3,(H2,23,24,25). The highest BCUT2D eigenvalue weighted by Gasteiger charge is 2.16. The van der Waals surface area contributed by atoms with Gasteiger partial charge < -0.3 is 15.5 Å². The summed E-state index contributed by atoms with van der Waals surface area (Å²) >= 11 is 1.82. The summed E-state index contributed by atoms with van der Waals surface area (Å²) in [5.41, 5.74) is 2.75. The maximum Gasteiger partial charge on any atom is 0.191 e. The van der Waals surface area contributed by atoms with Crippen molar-refractivity contribution >= 4 is 17.3 Å². The summed E-state index contributed by atoms with van der Waals surface area (Å²) in [5, 5.41) is 6.89. The smallest absolute Gasteiger partial charge is 0.191 e. The quantitative estimate of drug-likeness (QED) is 0.555. The summed E-state index contributed by atoms with van der Waals surface area (Å²) in [7, 11) is 1.83. The van der Waals surface area contributed by atoms with E-state index in [1.165, 1.54) is 34.0 Å². The Bertz CT molecular complexity index is 762. The molecule has 0 amide bonds. The van der Waals surface area contributed by atoms with E-state index in [-0.39, 0.29) is 0 Å². The van der Waals surface area contributed by atoms with Crippen molar-refractivity contribution < 1.29 is 0 Å². The largest absolute Gasteiger partial charge is 0.352 e. The highest BCUT2D eigenvalue weighted by Crippen LogP contribution is 2.15. The van der Waals surface area contributed by atoms with E-state index in [1.807, 2.05) is 18.4 Å². The molecule has 1 aliphatic heterocycles. The fourth-order valence-corrected chi connectivity index (χ4v) is 4.37. The molecule has 1 saturated heterocycles. The Labute approximate surface area is 173 Å². The van der Waals surface area contributed by atoms with Crippen molar-refractivity contribution in [3.8, 4) is 0 Å². The van der Waals surface area contributed by atoms with Crippen molar-refractivity contribution in [2.75, 3.05) is 39.8 Å². The first kappa shape index (κ1) is 20.8. The lowest BCUT2D eigenvalue weighted by Gasteiger charge is -2.34. The van der Waals surface area contributed by atoms with Gasteiger partial charge in [0.15, 0.2) is 5.96 Å². The van der Waals surface area contributed by atoms with E-state index in [9.17, 15) is 0 Å². The van der Waals surface area contributed by atoms with Crippen molar-refractivity contribution in [3.05, 3.63) is 57.3 Å². The summed E-state index contributed by atoms with van der Waals surface area (Å²) in [6.07, 6.45) is 0. The van der Waals surface area contributed by atoms with Crippen molar-refractivity contribution in [2.24, 2.45) is 4.99 Å². The Kier molecular flexibility index (Phi) is 7.89. The van der Waals surface area contributed by atoms with Crippen LogP contribution in [0.5, 0.6) is 0 Å². The minimum atomic E-state index is 0.786. The van der Waals surface area contributed by atoms with Crippen LogP contribution in [0.4, 0.5) is 0 Å². The van der Waals surface area contributed by atoms with E-state index < -0.39 is 0 Å². The van der Waals surface area contributed by atoms with Gasteiger partial charge in [-0.15, -0.1) is 11.3 Å². The first-order valence-corrected chi connectivity index (χ1v) is 11.0. The first-order chi connectivity index (χ1) is 13.7. The fourth-order valence-electron chi connectivity index (χ4n) is 3.54. The molecule has 6 heteroatoms. The number of likely N-dealkylation sites (N-methyl/N-ethyl adjacent to an activating group) is 1. The molecule has 0 spiro atoms. The molecule has 0 unspecified atom stereocenters. The average Bonchev–Trinajstić information content (AvgIpc) is 3.15. The van der Waals surface area contributed by atoms with Gasteiger partial charge in [0.05, 0.1) is 6.54 Å². The molecule has 1 aromatic carbocycles. The van der Waals surface area contributed by atoms with Gasteiger partial charge in [-0.1, -0.05) is 31.2 Å². The van der Waals surface area contributed by atoms with Crippen LogP contribution in [-0.2, 0) is 19.6 Å². The lowest BCUT2D eigenvalue weighted by molar-refractivity contribution is 0.131. The minimum Gasteiger partial charge on any atom is -0.352 e. The van der Waals surface area contributed by atoms with E-state index in [1.54, 1.807) is 0 Å². The molecule has 28 heavy (non-hydrogen) atoms. The molecular weight excluding hydrogens is 366 g/mol. The first-order valence-electron chi connectivity index (χ1n) is 10.2. The van der Waals surface area contributed by atoms with E-state index in [0.717, 1.165) is 45.2 Å². The Morgan fingerprint density at radius 1 is 0.964 bits per heavy atom. The van der Waals surface area contributed by atoms with Crippen LogP contribution in [0.1, 0.15) is 27.8 Å². The molecule has 152 valence electrons. The van der Waals surface area contributed by atoms with E-state index in [2.05, 4.69) is 75.7 Å². The monoisotopic (exact) mass is 399 g/mol. The molecular formula is C22H33N5S. The van der Waals surface area contributed by atoms with Gasteiger partial charge in [0, 0.05) is 56.1 Å². The minimum absolute atomic E-state index is 0.786. The molecule has 3 rings (SSSR count). The molecule has 1 aliphatic rings. The zero-order chi connectivity index (χ0) is 19.8. The van der Waals surface area contributed by atoms with Crippen LogP contribution >= 0.6 is 11.3 Å². The maximum atomic E-state index is 4.37. The Morgan fingerprint density at radius 2 is 1.64 bits per heavy atom. The van der Waals surface area contributed by atoms with E-state index in [0.29, 0.717) is 0 Å². The van der Waals surface area contributed by atoms with Gasteiger partial charge in [-0.2, -0.15) is 0 Å². The number of aliphatic imine (C=N–C) groups is 1. The lowest BCUT2D eigenvalue weighted by Crippen LogP contribution is -2.45. The zero-order valence-electron chi connectivity index (χ0n) is 17.4. The van der Waals surface area contributed by atoms with Crippen LogP contribution < -0.4 is 10.6 Å². The highest BCUT2D eigenvalue weighted by molar-refractivity contribution is 7.11. The molecule has 0 radical (unpaired) electrons. The van der Waals surface area contributed by atoms with Gasteiger partial charge in [0.25, 0.3) is 0 Å². The number of hydrogen-bond acceptors (Lipinski definition) is 4. The molecule has 0 saturated carbocycles. The molecule has 1 aromatic heterocycles. The van der Waals surface area contributed by atoms with Gasteiger partial charge in [0.1, 0.15) is 0 Å². The van der Waals surface area contributed by atoms with Gasteiger partial charge in [-0.25, -0.2) is 0 Å². The summed E-state index contributed by atoms with van der Waals surface area (Å²) in [5.74, 6) is 0.845. The number of rotatable bonds is 7. The number of thiophene rings is 1. The molecule has 1 fully saturated rings.